The van der Waals surface area contributed by atoms with E-state index in [2.05, 4.69) is 21.3 Å². The molecule has 0 aliphatic heterocycles. The van der Waals surface area contributed by atoms with Crippen molar-refractivity contribution in [2.24, 2.45) is 5.41 Å². The highest BCUT2D eigenvalue weighted by Gasteiger charge is 2.39. The Morgan fingerprint density at radius 3 is 2.08 bits per heavy atom. The van der Waals surface area contributed by atoms with E-state index in [-0.39, 0.29) is 32.2 Å². The fraction of sp³-hybridized carbons (Fsp3) is 0.429. The van der Waals surface area contributed by atoms with Crippen molar-refractivity contribution < 1.29 is 43.0 Å². The number of rotatable bonds is 18. The molecule has 0 saturated carbocycles. The average molecular weight is 667 g/mol. The zero-order chi connectivity index (χ0) is 35.4. The molecular formula is C35H46N4O9. The number of esters is 2. The van der Waals surface area contributed by atoms with Crippen LogP contribution in [0.5, 0.6) is 0 Å². The van der Waals surface area contributed by atoms with Crippen LogP contribution in [0, 0.1) is 5.41 Å². The van der Waals surface area contributed by atoms with E-state index in [0.717, 1.165) is 0 Å². The topological polar surface area (TPSA) is 178 Å². The molecule has 1 aromatic rings. The first kappa shape index (κ1) is 39.0. The first-order valence-electron chi connectivity index (χ1n) is 15.8. The Morgan fingerprint density at radius 2 is 1.46 bits per heavy atom. The molecule has 0 fully saturated rings. The Balaban J connectivity index is 2.19. The molecule has 3 atom stereocenters. The van der Waals surface area contributed by atoms with Gasteiger partial charge in [0.25, 0.3) is 0 Å². The van der Waals surface area contributed by atoms with E-state index >= 15 is 0 Å². The van der Waals surface area contributed by atoms with Crippen molar-refractivity contribution in [1.82, 2.24) is 21.3 Å². The van der Waals surface area contributed by atoms with Gasteiger partial charge in [0.15, 0.2) is 0 Å². The van der Waals surface area contributed by atoms with Crippen molar-refractivity contribution in [2.45, 2.75) is 71.7 Å². The molecule has 4 N–H and O–H groups in total. The zero-order valence-electron chi connectivity index (χ0n) is 27.9. The van der Waals surface area contributed by atoms with Gasteiger partial charge in [-0.1, -0.05) is 85.9 Å². The Hall–Kier alpha value is -5.20. The molecule has 48 heavy (non-hydrogen) atoms. The maximum atomic E-state index is 13.7. The highest BCUT2D eigenvalue weighted by molar-refractivity contribution is 5.95. The van der Waals surface area contributed by atoms with Crippen molar-refractivity contribution in [3.8, 4) is 0 Å². The lowest BCUT2D eigenvalue weighted by molar-refractivity contribution is -0.145. The minimum absolute atomic E-state index is 0.0527. The largest absolute Gasteiger partial charge is 0.466 e. The van der Waals surface area contributed by atoms with Crippen molar-refractivity contribution in [3.05, 3.63) is 84.5 Å². The minimum atomic E-state index is -1.45. The van der Waals surface area contributed by atoms with E-state index < -0.39 is 66.3 Å². The Kier molecular flexibility index (Phi) is 16.9. The molecule has 13 nitrogen and oxygen atoms in total. The van der Waals surface area contributed by atoms with Gasteiger partial charge in [0.05, 0.1) is 26.2 Å². The van der Waals surface area contributed by atoms with Crippen LogP contribution in [0.1, 0.15) is 52.5 Å². The maximum absolute atomic E-state index is 13.7. The molecule has 0 saturated heterocycles. The van der Waals surface area contributed by atoms with Gasteiger partial charge >= 0.3 is 18.0 Å². The molecule has 0 aromatic heterocycles. The summed E-state index contributed by atoms with van der Waals surface area (Å²) in [6.07, 6.45) is 12.7. The number of hydrogen-bond donors (Lipinski definition) is 4. The number of hydrogen-bond acceptors (Lipinski definition) is 9. The quantitative estimate of drug-likeness (QED) is 0.104. The Bertz CT molecular complexity index is 1360. The number of carbonyl (C=O) groups excluding carboxylic acids is 6. The number of ether oxygens (including phenoxy) is 3. The van der Waals surface area contributed by atoms with Crippen LogP contribution in [0.15, 0.2) is 78.9 Å². The van der Waals surface area contributed by atoms with Crippen LogP contribution < -0.4 is 21.3 Å². The number of nitrogens with one attached hydrogen (secondary N) is 4. The van der Waals surface area contributed by atoms with Gasteiger partial charge in [-0.3, -0.25) is 24.0 Å². The zero-order valence-corrected chi connectivity index (χ0v) is 27.9. The van der Waals surface area contributed by atoms with Gasteiger partial charge in [0, 0.05) is 17.9 Å². The highest BCUT2D eigenvalue weighted by atomic mass is 16.6. The van der Waals surface area contributed by atoms with Crippen LogP contribution in [0.2, 0.25) is 0 Å². The van der Waals surface area contributed by atoms with Gasteiger partial charge in [-0.2, -0.15) is 0 Å². The first-order valence-corrected chi connectivity index (χ1v) is 15.8. The second-order valence-electron chi connectivity index (χ2n) is 10.9. The van der Waals surface area contributed by atoms with E-state index in [4.69, 9.17) is 14.2 Å². The summed E-state index contributed by atoms with van der Waals surface area (Å²) in [5, 5.41) is 10.4. The molecular weight excluding hydrogens is 620 g/mol. The van der Waals surface area contributed by atoms with Gasteiger partial charge in [-0.25, -0.2) is 4.79 Å². The third-order valence-corrected chi connectivity index (χ3v) is 7.07. The van der Waals surface area contributed by atoms with Crippen LogP contribution >= 0.6 is 0 Å². The van der Waals surface area contributed by atoms with Gasteiger partial charge in [0.1, 0.15) is 18.7 Å². The SMILES string of the molecule is C/C=C/[C@H](CCC(=O)OCC)NC(=O)CNC(=O)[C@@H](NC(=O)[C@H](CC(=O)OCC)NC(=O)OCc1ccccc1)C1(C)C=CC=CC=C1. The molecule has 260 valence electrons. The maximum Gasteiger partial charge on any atom is 0.408 e. The van der Waals surface area contributed by atoms with E-state index in [1.807, 2.05) is 6.07 Å². The van der Waals surface area contributed by atoms with Crippen LogP contribution in [0.3, 0.4) is 0 Å². The van der Waals surface area contributed by atoms with E-state index in [1.54, 1.807) is 101 Å². The van der Waals surface area contributed by atoms with Crippen LogP contribution in [0.25, 0.3) is 0 Å². The van der Waals surface area contributed by atoms with Gasteiger partial charge in [-0.15, -0.1) is 0 Å². The number of amides is 4. The molecule has 0 spiro atoms. The number of benzene rings is 1. The van der Waals surface area contributed by atoms with Crippen LogP contribution in [-0.2, 0) is 44.8 Å². The molecule has 2 rings (SSSR count). The van der Waals surface area contributed by atoms with Gasteiger partial charge in [0.2, 0.25) is 17.7 Å². The lowest BCUT2D eigenvalue weighted by Crippen LogP contribution is -2.59. The summed E-state index contributed by atoms with van der Waals surface area (Å²) in [6, 6.07) is 5.67. The fourth-order valence-electron chi connectivity index (χ4n) is 4.63. The van der Waals surface area contributed by atoms with E-state index in [9.17, 15) is 28.8 Å². The summed E-state index contributed by atoms with van der Waals surface area (Å²) in [6.45, 7) is 6.58. The van der Waals surface area contributed by atoms with Crippen LogP contribution in [0.4, 0.5) is 4.79 Å². The Morgan fingerprint density at radius 1 is 0.812 bits per heavy atom. The minimum Gasteiger partial charge on any atom is -0.466 e. The average Bonchev–Trinajstić information content (AvgIpc) is 3.29. The third kappa shape index (κ3) is 14.1. The molecule has 13 heteroatoms. The fourth-order valence-corrected chi connectivity index (χ4v) is 4.63. The molecule has 1 aliphatic rings. The normalized spacial score (nSPS) is 14.9. The lowest BCUT2D eigenvalue weighted by Gasteiger charge is -2.33. The summed E-state index contributed by atoms with van der Waals surface area (Å²) < 4.78 is 15.2. The summed E-state index contributed by atoms with van der Waals surface area (Å²) in [5.74, 6) is -3.21. The van der Waals surface area contributed by atoms with Crippen molar-refractivity contribution in [2.75, 3.05) is 19.8 Å². The molecule has 1 aliphatic carbocycles. The first-order chi connectivity index (χ1) is 23.0. The van der Waals surface area contributed by atoms with Gasteiger partial charge < -0.3 is 35.5 Å². The highest BCUT2D eigenvalue weighted by Crippen LogP contribution is 2.28. The van der Waals surface area contributed by atoms with E-state index in [1.165, 1.54) is 0 Å². The summed E-state index contributed by atoms with van der Waals surface area (Å²) >= 11 is 0. The lowest BCUT2D eigenvalue weighted by atomic mass is 9.80. The standard InChI is InChI=1S/C35H46N4O9/c1-5-15-26(18-19-29(41)46-6-2)37-28(40)23-36-33(44)31(35(4)20-13-8-9-14-21-35)39-32(43)27(22-30(42)47-7-3)38-34(45)48-24-25-16-11-10-12-17-25/h5,8-17,20-21,26-27,31H,6-7,18-19,22-24H2,1-4H3,(H,36,44)(H,37,40)(H,38,45)(H,39,43)/b15-5+/t26-,27+,31-/m1/s1. The van der Waals surface area contributed by atoms with Crippen molar-refractivity contribution in [3.63, 3.8) is 0 Å². The molecule has 4 amide bonds. The van der Waals surface area contributed by atoms with Crippen molar-refractivity contribution >= 4 is 35.8 Å². The van der Waals surface area contributed by atoms with Crippen molar-refractivity contribution in [1.29, 1.82) is 0 Å². The summed E-state index contributed by atoms with van der Waals surface area (Å²) in [5.41, 5.74) is -0.376. The number of carbonyl (C=O) groups is 6. The number of alkyl carbamates (subject to hydrolysis) is 1. The molecule has 1 aromatic carbocycles. The second-order valence-corrected chi connectivity index (χ2v) is 10.9. The molecule has 0 unspecified atom stereocenters. The monoisotopic (exact) mass is 666 g/mol. The third-order valence-electron chi connectivity index (χ3n) is 7.07. The predicted octanol–water partition coefficient (Wildman–Crippen LogP) is 2.93. The summed E-state index contributed by atoms with van der Waals surface area (Å²) in [4.78, 5) is 77.0. The second kappa shape index (κ2) is 20.8. The molecule has 0 heterocycles. The molecule has 0 bridgehead atoms. The summed E-state index contributed by atoms with van der Waals surface area (Å²) in [7, 11) is 0. The Labute approximate surface area is 281 Å². The van der Waals surface area contributed by atoms with Crippen LogP contribution in [-0.4, -0.2) is 73.6 Å². The predicted molar refractivity (Wildman–Crippen MR) is 178 cm³/mol. The smallest absolute Gasteiger partial charge is 0.408 e. The molecule has 0 radical (unpaired) electrons. The number of allylic oxidation sites excluding steroid dienone is 5. The van der Waals surface area contributed by atoms with Gasteiger partial charge in [-0.05, 0) is 32.8 Å². The van der Waals surface area contributed by atoms with E-state index in [0.29, 0.717) is 12.0 Å².